The highest BCUT2D eigenvalue weighted by molar-refractivity contribution is 8.26. The summed E-state index contributed by atoms with van der Waals surface area (Å²) in [6, 6.07) is 0. The van der Waals surface area contributed by atoms with Crippen LogP contribution in [-0.4, -0.2) is 38.9 Å². The smallest absolute Gasteiger partial charge is 0.308 e. The number of benzene rings is 1. The number of carbonyl (C=O) groups excluding carboxylic acids is 4. The first kappa shape index (κ1) is 25.6. The Balaban J connectivity index is 2.32. The highest BCUT2D eigenvalue weighted by Gasteiger charge is 2.40. The van der Waals surface area contributed by atoms with Crippen molar-refractivity contribution in [1.82, 2.24) is 5.32 Å². The largest absolute Gasteiger partial charge is 0.424 e. The summed E-state index contributed by atoms with van der Waals surface area (Å²) in [7, 11) is -3.99. The van der Waals surface area contributed by atoms with Crippen LogP contribution in [0.3, 0.4) is 0 Å². The number of esters is 2. The van der Waals surface area contributed by atoms with Gasteiger partial charge in [-0.3, -0.25) is 19.2 Å². The van der Waals surface area contributed by atoms with Gasteiger partial charge in [-0.15, -0.1) is 0 Å². The van der Waals surface area contributed by atoms with Crippen molar-refractivity contribution in [2.75, 3.05) is 6.26 Å². The standard InChI is InChI=1S/C18H16N2O8S5/c1-6(20-5-21)17-29-11-9(27-7(2)22)13-14(10(12(11)30-17)28-8(3)23)32-18(31-13)15(16(19)24)33(4,25)26/h5H,1-4H3,(H2,19,24)(H,20,21). The number of carbonyl (C=O) groups is 4. The van der Waals surface area contributed by atoms with E-state index in [9.17, 15) is 27.6 Å². The summed E-state index contributed by atoms with van der Waals surface area (Å²) in [4.78, 5) is 47.5. The minimum atomic E-state index is -3.99. The first-order chi connectivity index (χ1) is 15.3. The SMILES string of the molecule is CC(=O)Oc1c2c(c(OC(C)=O)c3c1SC(=C(C(N)=O)S(C)(=O)=O)S3)SC(=C(C)NC=O)S2. The Labute approximate surface area is 205 Å². The molecule has 0 saturated heterocycles. The third-order valence-corrected chi connectivity index (χ3v) is 10.7. The topological polar surface area (TPSA) is 159 Å². The fourth-order valence-corrected chi connectivity index (χ4v) is 9.73. The maximum atomic E-state index is 12.2. The van der Waals surface area contributed by atoms with Crippen LogP contribution in [0.1, 0.15) is 20.8 Å². The Kier molecular flexibility index (Phi) is 7.48. The zero-order chi connectivity index (χ0) is 24.7. The Morgan fingerprint density at radius 2 is 1.24 bits per heavy atom. The van der Waals surface area contributed by atoms with Gasteiger partial charge in [0.15, 0.2) is 26.2 Å². The van der Waals surface area contributed by atoms with Gasteiger partial charge in [0.2, 0.25) is 6.41 Å². The lowest BCUT2D eigenvalue weighted by Gasteiger charge is -2.15. The van der Waals surface area contributed by atoms with Crippen molar-refractivity contribution in [3.05, 3.63) is 19.1 Å². The molecule has 176 valence electrons. The fourth-order valence-electron chi connectivity index (χ4n) is 2.70. The number of nitrogens with two attached hydrogens (primary N) is 1. The summed E-state index contributed by atoms with van der Waals surface area (Å²) in [5.74, 6) is -2.15. The second-order valence-electron chi connectivity index (χ2n) is 6.50. The van der Waals surface area contributed by atoms with Gasteiger partial charge in [-0.1, -0.05) is 47.0 Å². The maximum absolute atomic E-state index is 12.2. The van der Waals surface area contributed by atoms with Crippen molar-refractivity contribution in [3.63, 3.8) is 0 Å². The summed E-state index contributed by atoms with van der Waals surface area (Å²) >= 11 is 4.13. The van der Waals surface area contributed by atoms with Crippen LogP contribution in [0.5, 0.6) is 11.5 Å². The minimum absolute atomic E-state index is 0.0510. The molecule has 1 aromatic carbocycles. The van der Waals surface area contributed by atoms with E-state index in [1.165, 1.54) is 37.4 Å². The molecule has 15 heteroatoms. The first-order valence-electron chi connectivity index (χ1n) is 8.82. The molecule has 33 heavy (non-hydrogen) atoms. The highest BCUT2D eigenvalue weighted by Crippen LogP contribution is 2.68. The molecule has 0 unspecified atom stereocenters. The minimum Gasteiger partial charge on any atom is -0.424 e. The molecular weight excluding hydrogens is 533 g/mol. The Hall–Kier alpha value is -2.07. The van der Waals surface area contributed by atoms with Crippen LogP contribution in [-0.2, 0) is 29.0 Å². The number of allylic oxidation sites excluding steroid dienone is 1. The van der Waals surface area contributed by atoms with Gasteiger partial charge in [0.1, 0.15) is 0 Å². The molecule has 2 aliphatic rings. The zero-order valence-corrected chi connectivity index (χ0v) is 21.5. The van der Waals surface area contributed by atoms with Crippen LogP contribution in [0, 0.1) is 0 Å². The van der Waals surface area contributed by atoms with Crippen molar-refractivity contribution in [2.24, 2.45) is 5.73 Å². The number of sulfone groups is 1. The Morgan fingerprint density at radius 1 is 0.848 bits per heavy atom. The fraction of sp³-hybridized carbons (Fsp3) is 0.222. The Morgan fingerprint density at radius 3 is 1.55 bits per heavy atom. The lowest BCUT2D eigenvalue weighted by molar-refractivity contribution is -0.133. The lowest BCUT2D eigenvalue weighted by atomic mass is 10.3. The normalized spacial score (nSPS) is 14.3. The van der Waals surface area contributed by atoms with Gasteiger partial charge in [0.25, 0.3) is 5.91 Å². The zero-order valence-electron chi connectivity index (χ0n) is 17.5. The van der Waals surface area contributed by atoms with E-state index < -0.39 is 32.6 Å². The van der Waals surface area contributed by atoms with Gasteiger partial charge in [-0.05, 0) is 6.92 Å². The molecule has 3 rings (SSSR count). The summed E-state index contributed by atoms with van der Waals surface area (Å²) in [6.45, 7) is 4.09. The van der Waals surface area contributed by atoms with Gasteiger partial charge >= 0.3 is 11.9 Å². The predicted octanol–water partition coefficient (Wildman–Crippen LogP) is 2.57. The molecule has 0 fully saturated rings. The number of amides is 2. The summed E-state index contributed by atoms with van der Waals surface area (Å²) in [5.41, 5.74) is 5.86. The van der Waals surface area contributed by atoms with E-state index >= 15 is 0 Å². The van der Waals surface area contributed by atoms with E-state index in [1.807, 2.05) is 0 Å². The van der Waals surface area contributed by atoms with Crippen LogP contribution >= 0.6 is 47.0 Å². The summed E-state index contributed by atoms with van der Waals surface area (Å²) in [6.07, 6.45) is 1.38. The molecule has 0 radical (unpaired) electrons. The Bertz CT molecular complexity index is 1220. The molecule has 0 aliphatic carbocycles. The number of fused-ring (bicyclic) bond motifs is 2. The molecule has 2 amide bonds. The molecule has 2 heterocycles. The van der Waals surface area contributed by atoms with E-state index in [0.717, 1.165) is 29.8 Å². The molecule has 1 aromatic rings. The van der Waals surface area contributed by atoms with Crippen molar-refractivity contribution in [3.8, 4) is 11.5 Å². The number of hydrogen-bond acceptors (Lipinski definition) is 12. The average Bonchev–Trinajstić information content (AvgIpc) is 3.27. The monoisotopic (exact) mass is 548 g/mol. The van der Waals surface area contributed by atoms with Gasteiger partial charge < -0.3 is 20.5 Å². The maximum Gasteiger partial charge on any atom is 0.308 e. The molecule has 0 saturated carbocycles. The molecule has 2 aliphatic heterocycles. The number of hydrogen-bond donors (Lipinski definition) is 2. The molecular formula is C18H16N2O8S5. The van der Waals surface area contributed by atoms with Crippen molar-refractivity contribution in [1.29, 1.82) is 0 Å². The van der Waals surface area contributed by atoms with Crippen molar-refractivity contribution >= 4 is 81.1 Å². The lowest BCUT2D eigenvalue weighted by Crippen LogP contribution is -2.21. The number of thioether (sulfide) groups is 4. The molecule has 0 aromatic heterocycles. The predicted molar refractivity (Wildman–Crippen MR) is 125 cm³/mol. The molecule has 0 bridgehead atoms. The molecule has 0 spiro atoms. The van der Waals surface area contributed by atoms with E-state index in [0.29, 0.717) is 35.9 Å². The van der Waals surface area contributed by atoms with E-state index in [1.54, 1.807) is 6.92 Å². The van der Waals surface area contributed by atoms with E-state index in [-0.39, 0.29) is 15.7 Å². The van der Waals surface area contributed by atoms with Gasteiger partial charge in [-0.2, -0.15) is 0 Å². The van der Waals surface area contributed by atoms with Gasteiger partial charge in [0, 0.05) is 25.8 Å². The van der Waals surface area contributed by atoms with Crippen LogP contribution in [0.15, 0.2) is 38.7 Å². The van der Waals surface area contributed by atoms with E-state index in [4.69, 9.17) is 15.2 Å². The highest BCUT2D eigenvalue weighted by atomic mass is 32.2. The average molecular weight is 549 g/mol. The van der Waals surface area contributed by atoms with Gasteiger partial charge in [0.05, 0.1) is 28.1 Å². The molecule has 3 N–H and O–H groups in total. The van der Waals surface area contributed by atoms with Crippen LogP contribution in [0.4, 0.5) is 0 Å². The van der Waals surface area contributed by atoms with Crippen molar-refractivity contribution < 1.29 is 37.1 Å². The number of nitrogens with one attached hydrogen (secondary N) is 1. The first-order valence-corrected chi connectivity index (χ1v) is 14.0. The quantitative estimate of drug-likeness (QED) is 0.232. The third kappa shape index (κ3) is 5.21. The van der Waals surface area contributed by atoms with Crippen LogP contribution < -0.4 is 20.5 Å². The third-order valence-electron chi connectivity index (χ3n) is 3.87. The van der Waals surface area contributed by atoms with Crippen LogP contribution in [0.25, 0.3) is 0 Å². The molecule has 10 nitrogen and oxygen atoms in total. The van der Waals surface area contributed by atoms with Gasteiger partial charge in [-0.25, -0.2) is 8.42 Å². The summed E-state index contributed by atoms with van der Waals surface area (Å²) in [5, 5.41) is 2.56. The number of primary amides is 1. The summed E-state index contributed by atoms with van der Waals surface area (Å²) < 4.78 is 36.1. The van der Waals surface area contributed by atoms with Crippen LogP contribution in [0.2, 0.25) is 0 Å². The van der Waals surface area contributed by atoms with Crippen molar-refractivity contribution in [2.45, 2.75) is 40.4 Å². The molecule has 0 atom stereocenters. The van der Waals surface area contributed by atoms with E-state index in [2.05, 4.69) is 5.32 Å². The second-order valence-corrected chi connectivity index (χ2v) is 13.0. The number of ether oxygens (including phenoxy) is 2. The second kappa shape index (κ2) is 9.66. The number of rotatable bonds is 6.